The Morgan fingerprint density at radius 3 is 2.78 bits per heavy atom. The molecule has 0 spiro atoms. The van der Waals surface area contributed by atoms with Gasteiger partial charge < -0.3 is 20.8 Å². The molecule has 1 aromatic carbocycles. The average Bonchev–Trinajstić information content (AvgIpc) is 2.81. The van der Waals surface area contributed by atoms with E-state index in [1.54, 1.807) is 30.7 Å². The summed E-state index contributed by atoms with van der Waals surface area (Å²) in [6.07, 6.45) is 3.27. The number of nitrogens with two attached hydrogens (primary N) is 2. The van der Waals surface area contributed by atoms with E-state index in [0.29, 0.717) is 23.5 Å². The molecule has 0 radical (unpaired) electrons. The lowest BCUT2D eigenvalue weighted by molar-refractivity contribution is 0.100. The molecule has 0 bridgehead atoms. The molecule has 2 aromatic rings. The molecular weight excluding hydrogens is 230 g/mol. The summed E-state index contributed by atoms with van der Waals surface area (Å²) >= 11 is 0. The highest BCUT2D eigenvalue weighted by atomic mass is 16.3. The molecular formula is C13H15N3O2. The van der Waals surface area contributed by atoms with Crippen LogP contribution < -0.4 is 16.4 Å². The fraction of sp³-hybridized carbons (Fsp3) is 0.154. The van der Waals surface area contributed by atoms with Gasteiger partial charge in [0.05, 0.1) is 23.8 Å². The van der Waals surface area contributed by atoms with Crippen molar-refractivity contribution in [2.24, 2.45) is 5.73 Å². The zero-order valence-electron chi connectivity index (χ0n) is 10.1. The molecule has 0 aliphatic rings. The Labute approximate surface area is 105 Å². The number of anilines is 2. The Bertz CT molecular complexity index is 549. The van der Waals surface area contributed by atoms with Crippen molar-refractivity contribution in [1.82, 2.24) is 0 Å². The van der Waals surface area contributed by atoms with Crippen LogP contribution in [0.1, 0.15) is 15.9 Å². The van der Waals surface area contributed by atoms with Gasteiger partial charge in [-0.2, -0.15) is 0 Å². The second-order valence-electron chi connectivity index (χ2n) is 4.13. The van der Waals surface area contributed by atoms with Gasteiger partial charge in [0.1, 0.15) is 0 Å². The Kier molecular flexibility index (Phi) is 3.23. The highest BCUT2D eigenvalue weighted by molar-refractivity contribution is 5.99. The van der Waals surface area contributed by atoms with Gasteiger partial charge >= 0.3 is 0 Å². The van der Waals surface area contributed by atoms with E-state index in [0.717, 1.165) is 5.56 Å². The van der Waals surface area contributed by atoms with E-state index in [1.807, 2.05) is 18.0 Å². The van der Waals surface area contributed by atoms with Crippen molar-refractivity contribution in [1.29, 1.82) is 0 Å². The van der Waals surface area contributed by atoms with Gasteiger partial charge in [0, 0.05) is 24.8 Å². The van der Waals surface area contributed by atoms with Gasteiger partial charge in [-0.25, -0.2) is 0 Å². The Morgan fingerprint density at radius 1 is 1.39 bits per heavy atom. The van der Waals surface area contributed by atoms with E-state index in [9.17, 15) is 4.79 Å². The molecule has 0 saturated carbocycles. The van der Waals surface area contributed by atoms with E-state index < -0.39 is 5.91 Å². The number of hydrogen-bond donors (Lipinski definition) is 2. The number of carbonyl (C=O) groups is 1. The summed E-state index contributed by atoms with van der Waals surface area (Å²) in [4.78, 5) is 13.3. The zero-order chi connectivity index (χ0) is 13.1. The van der Waals surface area contributed by atoms with Crippen molar-refractivity contribution < 1.29 is 9.21 Å². The molecule has 94 valence electrons. The number of amides is 1. The van der Waals surface area contributed by atoms with Crippen molar-refractivity contribution in [2.75, 3.05) is 17.7 Å². The first kappa shape index (κ1) is 12.0. The fourth-order valence-corrected chi connectivity index (χ4v) is 1.81. The maximum atomic E-state index is 11.4. The standard InChI is InChI=1S/C13H15N3O2/c1-16(7-9-4-5-18-8-9)12-6-10(14)2-3-11(12)13(15)17/h2-6,8H,7,14H2,1H3,(H2,15,17). The molecule has 0 saturated heterocycles. The monoisotopic (exact) mass is 245 g/mol. The maximum absolute atomic E-state index is 11.4. The average molecular weight is 245 g/mol. The number of benzene rings is 1. The Balaban J connectivity index is 2.31. The third kappa shape index (κ3) is 2.45. The number of nitrogen functional groups attached to an aromatic ring is 1. The molecule has 0 aliphatic carbocycles. The predicted octanol–water partition coefficient (Wildman–Crippen LogP) is 1.60. The minimum atomic E-state index is -0.468. The maximum Gasteiger partial charge on any atom is 0.250 e. The number of rotatable bonds is 4. The molecule has 0 aliphatic heterocycles. The van der Waals surface area contributed by atoms with Gasteiger partial charge in [-0.15, -0.1) is 0 Å². The van der Waals surface area contributed by atoms with Crippen LogP contribution in [-0.4, -0.2) is 13.0 Å². The first-order chi connectivity index (χ1) is 8.58. The lowest BCUT2D eigenvalue weighted by atomic mass is 10.1. The van der Waals surface area contributed by atoms with Crippen LogP contribution in [0.3, 0.4) is 0 Å². The Morgan fingerprint density at radius 2 is 2.17 bits per heavy atom. The minimum absolute atomic E-state index is 0.454. The van der Waals surface area contributed by atoms with Gasteiger partial charge in [-0.05, 0) is 24.3 Å². The van der Waals surface area contributed by atoms with Crippen molar-refractivity contribution >= 4 is 17.3 Å². The molecule has 2 rings (SSSR count). The van der Waals surface area contributed by atoms with Gasteiger partial charge in [-0.3, -0.25) is 4.79 Å². The lowest BCUT2D eigenvalue weighted by Crippen LogP contribution is -2.22. The Hall–Kier alpha value is -2.43. The van der Waals surface area contributed by atoms with Crippen molar-refractivity contribution in [3.8, 4) is 0 Å². The smallest absolute Gasteiger partial charge is 0.250 e. The largest absolute Gasteiger partial charge is 0.472 e. The van der Waals surface area contributed by atoms with Gasteiger partial charge in [0.15, 0.2) is 0 Å². The van der Waals surface area contributed by atoms with E-state index in [-0.39, 0.29) is 0 Å². The molecule has 0 fully saturated rings. The van der Waals surface area contributed by atoms with Crippen LogP contribution in [-0.2, 0) is 6.54 Å². The normalized spacial score (nSPS) is 10.3. The van der Waals surface area contributed by atoms with Crippen LogP contribution >= 0.6 is 0 Å². The molecule has 0 unspecified atom stereocenters. The fourth-order valence-electron chi connectivity index (χ4n) is 1.81. The molecule has 5 heteroatoms. The third-order valence-corrected chi connectivity index (χ3v) is 2.70. The lowest BCUT2D eigenvalue weighted by Gasteiger charge is -2.21. The van der Waals surface area contributed by atoms with E-state index in [4.69, 9.17) is 15.9 Å². The van der Waals surface area contributed by atoms with Crippen molar-refractivity contribution in [3.63, 3.8) is 0 Å². The van der Waals surface area contributed by atoms with Crippen LogP contribution in [0.15, 0.2) is 41.2 Å². The van der Waals surface area contributed by atoms with E-state index in [2.05, 4.69) is 0 Å². The van der Waals surface area contributed by atoms with Gasteiger partial charge in [0.25, 0.3) is 5.91 Å². The summed E-state index contributed by atoms with van der Waals surface area (Å²) in [6.45, 7) is 0.611. The molecule has 5 nitrogen and oxygen atoms in total. The highest BCUT2D eigenvalue weighted by Gasteiger charge is 2.13. The van der Waals surface area contributed by atoms with Gasteiger partial charge in [-0.1, -0.05) is 0 Å². The summed E-state index contributed by atoms with van der Waals surface area (Å²) in [5.41, 5.74) is 13.9. The number of carbonyl (C=O) groups excluding carboxylic acids is 1. The van der Waals surface area contributed by atoms with Crippen LogP contribution in [0.4, 0.5) is 11.4 Å². The van der Waals surface area contributed by atoms with Crippen LogP contribution in [0, 0.1) is 0 Å². The predicted molar refractivity (Wildman–Crippen MR) is 70.2 cm³/mol. The van der Waals surface area contributed by atoms with Crippen LogP contribution in [0.2, 0.25) is 0 Å². The second kappa shape index (κ2) is 4.83. The summed E-state index contributed by atoms with van der Waals surface area (Å²) in [5, 5.41) is 0. The molecule has 1 amide bonds. The summed E-state index contributed by atoms with van der Waals surface area (Å²) in [7, 11) is 1.87. The third-order valence-electron chi connectivity index (χ3n) is 2.70. The highest BCUT2D eigenvalue weighted by Crippen LogP contribution is 2.23. The first-order valence-electron chi connectivity index (χ1n) is 5.49. The number of hydrogen-bond acceptors (Lipinski definition) is 4. The summed E-state index contributed by atoms with van der Waals surface area (Å²) < 4.78 is 5.01. The van der Waals surface area contributed by atoms with E-state index in [1.165, 1.54) is 0 Å². The van der Waals surface area contributed by atoms with E-state index >= 15 is 0 Å². The van der Waals surface area contributed by atoms with Crippen molar-refractivity contribution in [2.45, 2.75) is 6.54 Å². The molecule has 0 atom stereocenters. The minimum Gasteiger partial charge on any atom is -0.472 e. The molecule has 18 heavy (non-hydrogen) atoms. The topological polar surface area (TPSA) is 85.5 Å². The number of nitrogens with zero attached hydrogens (tertiary/aromatic N) is 1. The quantitative estimate of drug-likeness (QED) is 0.801. The van der Waals surface area contributed by atoms with Crippen LogP contribution in [0.5, 0.6) is 0 Å². The SMILES string of the molecule is CN(Cc1ccoc1)c1cc(N)ccc1C(N)=O. The van der Waals surface area contributed by atoms with Crippen molar-refractivity contribution in [3.05, 3.63) is 47.9 Å². The molecule has 1 heterocycles. The summed E-state index contributed by atoms with van der Waals surface area (Å²) in [5.74, 6) is -0.468. The molecule has 4 N–H and O–H groups in total. The first-order valence-corrected chi connectivity index (χ1v) is 5.49. The number of primary amides is 1. The number of furan rings is 1. The summed E-state index contributed by atoms with van der Waals surface area (Å²) in [6, 6.07) is 6.90. The van der Waals surface area contributed by atoms with Gasteiger partial charge in [0.2, 0.25) is 0 Å². The zero-order valence-corrected chi connectivity index (χ0v) is 10.1. The molecule has 1 aromatic heterocycles. The second-order valence-corrected chi connectivity index (χ2v) is 4.13. The van der Waals surface area contributed by atoms with Crippen LogP contribution in [0.25, 0.3) is 0 Å².